The number of oxime groups is 1. The Morgan fingerprint density at radius 1 is 1.25 bits per heavy atom. The van der Waals surface area contributed by atoms with Crippen molar-refractivity contribution in [3.63, 3.8) is 0 Å². The molecule has 2 aliphatic rings. The number of nitrogens with zero attached hydrogens (tertiary/aromatic N) is 1. The van der Waals surface area contributed by atoms with Crippen molar-refractivity contribution in [2.45, 2.75) is 26.1 Å². The summed E-state index contributed by atoms with van der Waals surface area (Å²) < 4.78 is 17.2. The zero-order valence-corrected chi connectivity index (χ0v) is 13.8. The van der Waals surface area contributed by atoms with Crippen LogP contribution < -0.4 is 9.47 Å². The third kappa shape index (κ3) is 2.60. The van der Waals surface area contributed by atoms with Gasteiger partial charge in [-0.1, -0.05) is 22.8 Å². The van der Waals surface area contributed by atoms with Crippen molar-refractivity contribution < 1.29 is 19.4 Å². The average Bonchev–Trinajstić information content (AvgIpc) is 2.59. The van der Waals surface area contributed by atoms with Crippen LogP contribution in [0.25, 0.3) is 0 Å². The molecule has 0 bridgehead atoms. The van der Waals surface area contributed by atoms with Crippen LogP contribution in [-0.4, -0.2) is 17.7 Å². The smallest absolute Gasteiger partial charge is 0.189 e. The molecular weight excluding hydrogens is 330 g/mol. The second-order valence-corrected chi connectivity index (χ2v) is 6.39. The number of hydrogen-bond donors (Lipinski definition) is 1. The van der Waals surface area contributed by atoms with E-state index < -0.39 is 0 Å². The van der Waals surface area contributed by atoms with Gasteiger partial charge in [0, 0.05) is 28.1 Å². The fraction of sp³-hybridized carbons (Fsp3) is 0.278. The van der Waals surface area contributed by atoms with Gasteiger partial charge in [-0.05, 0) is 36.8 Å². The summed E-state index contributed by atoms with van der Waals surface area (Å²) in [6, 6.07) is 9.49. The maximum Gasteiger partial charge on any atom is 0.189 e. The minimum absolute atomic E-state index is 0.199. The first-order valence-electron chi connectivity index (χ1n) is 7.67. The van der Waals surface area contributed by atoms with Gasteiger partial charge in [0.25, 0.3) is 0 Å². The van der Waals surface area contributed by atoms with Crippen molar-refractivity contribution in [2.75, 3.05) is 6.79 Å². The fourth-order valence-electron chi connectivity index (χ4n) is 3.16. The van der Waals surface area contributed by atoms with Gasteiger partial charge < -0.3 is 19.4 Å². The monoisotopic (exact) mass is 345 g/mol. The molecule has 0 fully saturated rings. The zero-order valence-electron chi connectivity index (χ0n) is 13.1. The molecule has 1 atom stereocenters. The first-order chi connectivity index (χ1) is 11.7. The molecule has 4 rings (SSSR count). The summed E-state index contributed by atoms with van der Waals surface area (Å²) in [7, 11) is 0. The minimum Gasteiger partial charge on any atom is -0.484 e. The Kier molecular flexibility index (Phi) is 3.82. The number of ether oxygens (including phenoxy) is 3. The van der Waals surface area contributed by atoms with Gasteiger partial charge >= 0.3 is 0 Å². The van der Waals surface area contributed by atoms with Crippen molar-refractivity contribution in [2.24, 2.45) is 5.16 Å². The Balaban J connectivity index is 1.80. The van der Waals surface area contributed by atoms with E-state index in [1.165, 1.54) is 0 Å². The van der Waals surface area contributed by atoms with Crippen LogP contribution >= 0.6 is 11.6 Å². The van der Waals surface area contributed by atoms with E-state index in [2.05, 4.69) is 5.16 Å². The molecule has 24 heavy (non-hydrogen) atoms. The van der Waals surface area contributed by atoms with E-state index in [0.717, 1.165) is 28.0 Å². The van der Waals surface area contributed by atoms with Crippen molar-refractivity contribution in [1.29, 1.82) is 0 Å². The topological polar surface area (TPSA) is 60.3 Å². The Hall–Kier alpha value is -2.24. The number of hydrogen-bond acceptors (Lipinski definition) is 5. The van der Waals surface area contributed by atoms with Gasteiger partial charge in [0.15, 0.2) is 6.79 Å². The number of aryl methyl sites for hydroxylation is 1. The zero-order chi connectivity index (χ0) is 16.7. The van der Waals surface area contributed by atoms with Gasteiger partial charge in [-0.2, -0.15) is 0 Å². The molecule has 0 unspecified atom stereocenters. The van der Waals surface area contributed by atoms with Gasteiger partial charge in [-0.25, -0.2) is 0 Å². The van der Waals surface area contributed by atoms with Crippen molar-refractivity contribution in [3.05, 3.63) is 57.6 Å². The number of fused-ring (bicyclic) bond motifs is 2. The van der Waals surface area contributed by atoms with Crippen molar-refractivity contribution in [3.8, 4) is 11.5 Å². The number of rotatable bonds is 1. The van der Waals surface area contributed by atoms with Gasteiger partial charge in [-0.3, -0.25) is 0 Å². The highest BCUT2D eigenvalue weighted by molar-refractivity contribution is 6.30. The van der Waals surface area contributed by atoms with Gasteiger partial charge in [0.2, 0.25) is 0 Å². The molecule has 0 spiro atoms. The van der Waals surface area contributed by atoms with Crippen LogP contribution in [0.15, 0.2) is 35.5 Å². The maximum atomic E-state index is 9.42. The Labute approximate surface area is 144 Å². The van der Waals surface area contributed by atoms with E-state index in [4.69, 9.17) is 25.8 Å². The summed E-state index contributed by atoms with van der Waals surface area (Å²) in [5.41, 5.74) is 4.20. The first-order valence-corrected chi connectivity index (χ1v) is 8.05. The molecule has 0 saturated carbocycles. The van der Waals surface area contributed by atoms with Gasteiger partial charge in [-0.15, -0.1) is 0 Å². The lowest BCUT2D eigenvalue weighted by atomic mass is 9.93. The molecule has 2 aromatic carbocycles. The number of halogens is 1. The summed E-state index contributed by atoms with van der Waals surface area (Å²) in [5.74, 6) is 1.43. The third-order valence-corrected chi connectivity index (χ3v) is 4.49. The van der Waals surface area contributed by atoms with E-state index >= 15 is 0 Å². The second-order valence-electron chi connectivity index (χ2n) is 5.95. The molecule has 0 radical (unpaired) electrons. The average molecular weight is 346 g/mol. The molecule has 0 saturated heterocycles. The normalized spacial score (nSPS) is 20.8. The van der Waals surface area contributed by atoms with Crippen molar-refractivity contribution in [1.82, 2.24) is 0 Å². The maximum absolute atomic E-state index is 9.42. The van der Waals surface area contributed by atoms with E-state index in [0.29, 0.717) is 29.5 Å². The lowest BCUT2D eigenvalue weighted by Gasteiger charge is -2.30. The van der Waals surface area contributed by atoms with Crippen LogP contribution in [0.4, 0.5) is 0 Å². The molecule has 2 aliphatic heterocycles. The summed E-state index contributed by atoms with van der Waals surface area (Å²) in [5, 5.41) is 13.5. The largest absolute Gasteiger partial charge is 0.484 e. The molecule has 0 aliphatic carbocycles. The fourth-order valence-corrected chi connectivity index (χ4v) is 3.41. The molecule has 124 valence electrons. The van der Waals surface area contributed by atoms with Crippen LogP contribution in [-0.2, 0) is 11.3 Å². The van der Waals surface area contributed by atoms with Crippen LogP contribution in [0, 0.1) is 6.92 Å². The summed E-state index contributed by atoms with van der Waals surface area (Å²) in [6.45, 7) is 2.64. The second kappa shape index (κ2) is 6.00. The van der Waals surface area contributed by atoms with Crippen LogP contribution in [0.3, 0.4) is 0 Å². The minimum atomic E-state index is -0.337. The van der Waals surface area contributed by atoms with Crippen LogP contribution in [0.2, 0.25) is 5.02 Å². The predicted molar refractivity (Wildman–Crippen MR) is 89.2 cm³/mol. The Morgan fingerprint density at radius 3 is 2.96 bits per heavy atom. The Bertz CT molecular complexity index is 834. The lowest BCUT2D eigenvalue weighted by molar-refractivity contribution is -0.0182. The van der Waals surface area contributed by atoms with E-state index in [9.17, 15) is 5.21 Å². The standard InChI is InChI=1S/C18H16ClNO4/c1-10-2-3-13-15(20-21)7-17(24-16(13)4-10)14-6-12(19)5-11-8-22-9-23-18(11)14/h2-6,17,21H,7-9H2,1H3/b20-15+/t17-/m1/s1. The van der Waals surface area contributed by atoms with Crippen LogP contribution in [0.1, 0.15) is 34.8 Å². The number of benzene rings is 2. The Morgan fingerprint density at radius 2 is 2.12 bits per heavy atom. The summed E-state index contributed by atoms with van der Waals surface area (Å²) in [4.78, 5) is 0. The van der Waals surface area contributed by atoms with Gasteiger partial charge in [0.1, 0.15) is 17.6 Å². The van der Waals surface area contributed by atoms with Crippen LogP contribution in [0.5, 0.6) is 11.5 Å². The predicted octanol–water partition coefficient (Wildman–Crippen LogP) is 4.22. The third-order valence-electron chi connectivity index (χ3n) is 4.27. The lowest BCUT2D eigenvalue weighted by Crippen LogP contribution is -2.23. The van der Waals surface area contributed by atoms with Gasteiger partial charge in [0.05, 0.1) is 12.3 Å². The summed E-state index contributed by atoms with van der Waals surface area (Å²) in [6.07, 6.45) is 0.0968. The first kappa shape index (κ1) is 15.3. The molecule has 1 N–H and O–H groups in total. The summed E-state index contributed by atoms with van der Waals surface area (Å²) >= 11 is 6.25. The van der Waals surface area contributed by atoms with E-state index in [1.54, 1.807) is 0 Å². The highest BCUT2D eigenvalue weighted by Crippen LogP contribution is 2.42. The SMILES string of the molecule is Cc1ccc2c(c1)O[C@@H](c1cc(Cl)cc3c1OCOC3)C/C2=N\O. The van der Waals surface area contributed by atoms with E-state index in [1.807, 2.05) is 37.3 Å². The van der Waals surface area contributed by atoms with Crippen molar-refractivity contribution >= 4 is 17.3 Å². The molecular formula is C18H16ClNO4. The highest BCUT2D eigenvalue weighted by atomic mass is 35.5. The molecule has 0 aromatic heterocycles. The highest BCUT2D eigenvalue weighted by Gasteiger charge is 2.31. The molecule has 5 nitrogen and oxygen atoms in total. The molecule has 2 aromatic rings. The molecule has 0 amide bonds. The van der Waals surface area contributed by atoms with E-state index in [-0.39, 0.29) is 12.9 Å². The molecule has 2 heterocycles. The molecule has 6 heteroatoms. The quantitative estimate of drug-likeness (QED) is 0.621.